The second kappa shape index (κ2) is 5.82. The molecule has 2 rings (SSSR count). The van der Waals surface area contributed by atoms with Gasteiger partial charge in [0.15, 0.2) is 0 Å². The van der Waals surface area contributed by atoms with E-state index in [0.29, 0.717) is 12.5 Å². The minimum absolute atomic E-state index is 0.171. The molecule has 0 radical (unpaired) electrons. The van der Waals surface area contributed by atoms with Crippen molar-refractivity contribution in [1.29, 1.82) is 0 Å². The van der Waals surface area contributed by atoms with Gasteiger partial charge in [-0.15, -0.1) is 0 Å². The minimum Gasteiger partial charge on any atom is -0.468 e. The lowest BCUT2D eigenvalue weighted by Gasteiger charge is -2.12. The van der Waals surface area contributed by atoms with Gasteiger partial charge in [-0.3, -0.25) is 0 Å². The van der Waals surface area contributed by atoms with E-state index in [9.17, 15) is 0 Å². The number of hydrogen-bond acceptors (Lipinski definition) is 4. The van der Waals surface area contributed by atoms with Crippen molar-refractivity contribution in [2.24, 2.45) is 5.92 Å². The van der Waals surface area contributed by atoms with Gasteiger partial charge in [0.2, 0.25) is 0 Å². The average molecular weight is 248 g/mol. The topological polar surface area (TPSA) is 55.9 Å². The molecule has 0 aliphatic rings. The van der Waals surface area contributed by atoms with Crippen molar-refractivity contribution >= 4 is 0 Å². The van der Waals surface area contributed by atoms with E-state index in [1.165, 1.54) is 0 Å². The second-order valence-electron chi connectivity index (χ2n) is 4.87. The summed E-state index contributed by atoms with van der Waals surface area (Å²) < 4.78 is 7.31. The van der Waals surface area contributed by atoms with E-state index in [1.54, 1.807) is 12.6 Å². The maximum absolute atomic E-state index is 5.35. The number of hydrogen-bond donors (Lipinski definition) is 1. The molecule has 0 aromatic carbocycles. The molecule has 0 saturated heterocycles. The van der Waals surface area contributed by atoms with Crippen LogP contribution in [0, 0.1) is 5.92 Å². The highest BCUT2D eigenvalue weighted by molar-refractivity contribution is 5.03. The predicted molar refractivity (Wildman–Crippen MR) is 68.8 cm³/mol. The van der Waals surface area contributed by atoms with E-state index in [4.69, 9.17) is 4.42 Å². The molecule has 0 bridgehead atoms. The number of aromatic nitrogens is 3. The van der Waals surface area contributed by atoms with Crippen LogP contribution < -0.4 is 5.32 Å². The third-order valence-corrected chi connectivity index (χ3v) is 2.77. The molecule has 0 saturated carbocycles. The van der Waals surface area contributed by atoms with E-state index < -0.39 is 0 Å². The average Bonchev–Trinajstić information content (AvgIpc) is 2.95. The Morgan fingerprint density at radius 1 is 1.39 bits per heavy atom. The van der Waals surface area contributed by atoms with E-state index in [1.807, 2.05) is 16.8 Å². The Hall–Kier alpha value is -1.62. The van der Waals surface area contributed by atoms with Crippen molar-refractivity contribution in [2.75, 3.05) is 0 Å². The van der Waals surface area contributed by atoms with Gasteiger partial charge >= 0.3 is 0 Å². The molecule has 5 nitrogen and oxygen atoms in total. The molecular formula is C13H20N4O. The van der Waals surface area contributed by atoms with Crippen LogP contribution in [0.5, 0.6) is 0 Å². The maximum Gasteiger partial charge on any atom is 0.140 e. The molecule has 2 aromatic heterocycles. The van der Waals surface area contributed by atoms with Gasteiger partial charge < -0.3 is 9.73 Å². The summed E-state index contributed by atoms with van der Waals surface area (Å²) in [5.74, 6) is 2.46. The largest absolute Gasteiger partial charge is 0.468 e. The highest BCUT2D eigenvalue weighted by Gasteiger charge is 2.10. The first kappa shape index (κ1) is 12.8. The molecule has 1 unspecified atom stereocenters. The summed E-state index contributed by atoms with van der Waals surface area (Å²) >= 11 is 0. The summed E-state index contributed by atoms with van der Waals surface area (Å²) in [4.78, 5) is 4.28. The molecule has 1 N–H and O–H groups in total. The van der Waals surface area contributed by atoms with Crippen LogP contribution in [0.3, 0.4) is 0 Å². The molecule has 0 aliphatic heterocycles. The monoisotopic (exact) mass is 248 g/mol. The molecule has 2 heterocycles. The van der Waals surface area contributed by atoms with Crippen molar-refractivity contribution in [2.45, 2.75) is 39.9 Å². The molecule has 1 atom stereocenters. The van der Waals surface area contributed by atoms with Crippen molar-refractivity contribution in [1.82, 2.24) is 20.1 Å². The van der Waals surface area contributed by atoms with Gasteiger partial charge in [-0.1, -0.05) is 13.8 Å². The van der Waals surface area contributed by atoms with Crippen LogP contribution in [0.15, 0.2) is 29.1 Å². The highest BCUT2D eigenvalue weighted by Crippen LogP contribution is 2.12. The summed E-state index contributed by atoms with van der Waals surface area (Å²) in [7, 11) is 0. The van der Waals surface area contributed by atoms with Crippen LogP contribution in [0.4, 0.5) is 0 Å². The predicted octanol–water partition coefficient (Wildman–Crippen LogP) is 2.38. The van der Waals surface area contributed by atoms with Crippen LogP contribution in [-0.2, 0) is 13.1 Å². The van der Waals surface area contributed by atoms with Gasteiger partial charge in [0.1, 0.15) is 17.9 Å². The number of nitrogens with zero attached hydrogens (tertiary/aromatic N) is 3. The first-order chi connectivity index (χ1) is 8.66. The molecular weight excluding hydrogens is 228 g/mol. The summed E-state index contributed by atoms with van der Waals surface area (Å²) in [6.07, 6.45) is 3.30. The number of furan rings is 1. The van der Waals surface area contributed by atoms with Gasteiger partial charge in [-0.2, -0.15) is 5.10 Å². The van der Waals surface area contributed by atoms with E-state index in [0.717, 1.165) is 18.1 Å². The number of rotatable bonds is 6. The standard InChI is InChI=1S/C13H20N4O/c1-10(2)8-17-13(15-9-16-17)7-14-11(3)12-5-4-6-18-12/h4-6,9-11,14H,7-8H2,1-3H3. The quantitative estimate of drug-likeness (QED) is 0.852. The fraction of sp³-hybridized carbons (Fsp3) is 0.538. The van der Waals surface area contributed by atoms with Crippen LogP contribution in [-0.4, -0.2) is 14.8 Å². The first-order valence-corrected chi connectivity index (χ1v) is 6.30. The normalized spacial score (nSPS) is 13.1. The van der Waals surface area contributed by atoms with Crippen LogP contribution in [0.2, 0.25) is 0 Å². The molecule has 2 aromatic rings. The van der Waals surface area contributed by atoms with Crippen LogP contribution in [0.1, 0.15) is 38.4 Å². The van der Waals surface area contributed by atoms with Crippen molar-refractivity contribution in [3.63, 3.8) is 0 Å². The molecule has 0 spiro atoms. The Bertz CT molecular complexity index is 461. The minimum atomic E-state index is 0.171. The number of nitrogens with one attached hydrogen (secondary N) is 1. The van der Waals surface area contributed by atoms with Gasteiger partial charge in [0.25, 0.3) is 0 Å². The van der Waals surface area contributed by atoms with E-state index >= 15 is 0 Å². The van der Waals surface area contributed by atoms with Crippen molar-refractivity contribution < 1.29 is 4.42 Å². The SMILES string of the molecule is CC(C)Cn1ncnc1CNC(C)c1ccco1. The Kier molecular flexibility index (Phi) is 4.15. The summed E-state index contributed by atoms with van der Waals surface area (Å²) in [6, 6.07) is 4.04. The Balaban J connectivity index is 1.92. The first-order valence-electron chi connectivity index (χ1n) is 6.30. The van der Waals surface area contributed by atoms with Crippen molar-refractivity contribution in [3.05, 3.63) is 36.3 Å². The van der Waals surface area contributed by atoms with E-state index in [2.05, 4.69) is 36.2 Å². The van der Waals surface area contributed by atoms with Gasteiger partial charge in [0.05, 0.1) is 18.8 Å². The van der Waals surface area contributed by atoms with Crippen LogP contribution in [0.25, 0.3) is 0 Å². The fourth-order valence-electron chi connectivity index (χ4n) is 1.81. The molecule has 0 amide bonds. The fourth-order valence-corrected chi connectivity index (χ4v) is 1.81. The summed E-state index contributed by atoms with van der Waals surface area (Å²) in [5, 5.41) is 7.62. The lowest BCUT2D eigenvalue weighted by molar-refractivity contribution is 0.411. The van der Waals surface area contributed by atoms with Gasteiger partial charge in [-0.05, 0) is 25.0 Å². The lowest BCUT2D eigenvalue weighted by atomic mass is 10.2. The Morgan fingerprint density at radius 2 is 2.22 bits per heavy atom. The molecule has 18 heavy (non-hydrogen) atoms. The second-order valence-corrected chi connectivity index (χ2v) is 4.87. The Labute approximate surface area is 107 Å². The highest BCUT2D eigenvalue weighted by atomic mass is 16.3. The third kappa shape index (κ3) is 3.20. The third-order valence-electron chi connectivity index (χ3n) is 2.77. The summed E-state index contributed by atoms with van der Waals surface area (Å²) in [6.45, 7) is 8.00. The van der Waals surface area contributed by atoms with Crippen molar-refractivity contribution in [3.8, 4) is 0 Å². The zero-order chi connectivity index (χ0) is 13.0. The smallest absolute Gasteiger partial charge is 0.140 e. The molecule has 98 valence electrons. The molecule has 0 aliphatic carbocycles. The van der Waals surface area contributed by atoms with Gasteiger partial charge in [0, 0.05) is 6.54 Å². The Morgan fingerprint density at radius 3 is 2.89 bits per heavy atom. The molecule has 5 heteroatoms. The summed E-state index contributed by atoms with van der Waals surface area (Å²) in [5.41, 5.74) is 0. The zero-order valence-corrected chi connectivity index (χ0v) is 11.1. The van der Waals surface area contributed by atoms with Gasteiger partial charge in [-0.25, -0.2) is 9.67 Å². The maximum atomic E-state index is 5.35. The van der Waals surface area contributed by atoms with E-state index in [-0.39, 0.29) is 6.04 Å². The lowest BCUT2D eigenvalue weighted by Crippen LogP contribution is -2.21. The van der Waals surface area contributed by atoms with Crippen LogP contribution >= 0.6 is 0 Å². The zero-order valence-electron chi connectivity index (χ0n) is 11.1. The molecule has 0 fully saturated rings.